The number of benzene rings is 2. The number of carbonyl (C=O) groups is 1. The summed E-state index contributed by atoms with van der Waals surface area (Å²) in [6, 6.07) is 15.8. The zero-order valence-corrected chi connectivity index (χ0v) is 15.3. The van der Waals surface area contributed by atoms with E-state index in [0.29, 0.717) is 36.6 Å². The summed E-state index contributed by atoms with van der Waals surface area (Å²) in [4.78, 5) is 29.1. The highest BCUT2D eigenvalue weighted by molar-refractivity contribution is 5.94. The van der Waals surface area contributed by atoms with Crippen molar-refractivity contribution in [2.24, 2.45) is 0 Å². The minimum Gasteiger partial charge on any atom is -0.457 e. The highest BCUT2D eigenvalue weighted by Gasteiger charge is 2.23. The van der Waals surface area contributed by atoms with Gasteiger partial charge in [-0.3, -0.25) is 9.59 Å². The van der Waals surface area contributed by atoms with E-state index < -0.39 is 5.56 Å². The SMILES string of the molecule is N#Cc1cc2c([nH]c1=O)CCN(C(=O)c1cccc(Oc3ccc(F)cc3)c1)C2. The molecular formula is C22H16FN3O3. The normalized spacial score (nSPS) is 12.8. The van der Waals surface area contributed by atoms with Gasteiger partial charge in [-0.1, -0.05) is 6.07 Å². The zero-order chi connectivity index (χ0) is 20.4. The van der Waals surface area contributed by atoms with E-state index in [-0.39, 0.29) is 17.3 Å². The maximum absolute atomic E-state index is 13.0. The van der Waals surface area contributed by atoms with Gasteiger partial charge in [0.1, 0.15) is 28.9 Å². The van der Waals surface area contributed by atoms with Crippen molar-refractivity contribution in [3.8, 4) is 17.6 Å². The minimum absolute atomic E-state index is 0.0349. The monoisotopic (exact) mass is 389 g/mol. The lowest BCUT2D eigenvalue weighted by Gasteiger charge is -2.28. The Bertz CT molecular complexity index is 1180. The van der Waals surface area contributed by atoms with Crippen LogP contribution >= 0.6 is 0 Å². The van der Waals surface area contributed by atoms with Gasteiger partial charge < -0.3 is 14.6 Å². The third kappa shape index (κ3) is 3.87. The fourth-order valence-corrected chi connectivity index (χ4v) is 3.28. The van der Waals surface area contributed by atoms with Gasteiger partial charge in [0.15, 0.2) is 0 Å². The highest BCUT2D eigenvalue weighted by atomic mass is 19.1. The van der Waals surface area contributed by atoms with Gasteiger partial charge in [0.25, 0.3) is 11.5 Å². The standard InChI is InChI=1S/C22H16FN3O3/c23-17-4-6-18(7-5-17)29-19-3-1-2-14(11-19)22(28)26-9-8-20-16(13-26)10-15(12-24)21(27)25-20/h1-7,10-11H,8-9,13H2,(H,25,27). The zero-order valence-electron chi connectivity index (χ0n) is 15.3. The average molecular weight is 389 g/mol. The number of amides is 1. The summed E-state index contributed by atoms with van der Waals surface area (Å²) >= 11 is 0. The average Bonchev–Trinajstić information content (AvgIpc) is 2.74. The Morgan fingerprint density at radius 2 is 1.93 bits per heavy atom. The number of hydrogen-bond acceptors (Lipinski definition) is 4. The third-order valence-electron chi connectivity index (χ3n) is 4.75. The lowest BCUT2D eigenvalue weighted by Crippen LogP contribution is -2.37. The van der Waals surface area contributed by atoms with Crippen LogP contribution in [0.1, 0.15) is 27.2 Å². The predicted molar refractivity (Wildman–Crippen MR) is 103 cm³/mol. The van der Waals surface area contributed by atoms with Crippen LogP contribution in [0.15, 0.2) is 59.4 Å². The number of ether oxygens (including phenoxy) is 1. The van der Waals surface area contributed by atoms with E-state index in [4.69, 9.17) is 10.00 Å². The molecule has 0 saturated heterocycles. The molecule has 0 unspecified atom stereocenters. The molecule has 0 aliphatic carbocycles. The van der Waals surface area contributed by atoms with Gasteiger partial charge in [-0.15, -0.1) is 0 Å². The van der Waals surface area contributed by atoms with Crippen LogP contribution in [0.5, 0.6) is 11.5 Å². The molecule has 1 aliphatic heterocycles. The molecule has 7 heteroatoms. The molecule has 2 heterocycles. The van der Waals surface area contributed by atoms with E-state index in [1.807, 2.05) is 6.07 Å². The molecule has 144 valence electrons. The lowest BCUT2D eigenvalue weighted by molar-refractivity contribution is 0.0733. The molecule has 1 amide bonds. The number of halogens is 1. The number of aromatic nitrogens is 1. The van der Waals surface area contributed by atoms with Gasteiger partial charge in [0.05, 0.1) is 0 Å². The molecule has 1 aromatic heterocycles. The first-order valence-electron chi connectivity index (χ1n) is 9.01. The van der Waals surface area contributed by atoms with Crippen molar-refractivity contribution in [3.05, 3.63) is 93.2 Å². The summed E-state index contributed by atoms with van der Waals surface area (Å²) in [5, 5.41) is 9.05. The Balaban J connectivity index is 1.53. The van der Waals surface area contributed by atoms with E-state index in [0.717, 1.165) is 11.3 Å². The molecule has 0 fully saturated rings. The number of pyridine rings is 1. The van der Waals surface area contributed by atoms with Crippen molar-refractivity contribution in [2.75, 3.05) is 6.54 Å². The van der Waals surface area contributed by atoms with Crippen molar-refractivity contribution >= 4 is 5.91 Å². The topological polar surface area (TPSA) is 86.2 Å². The number of hydrogen-bond donors (Lipinski definition) is 1. The van der Waals surface area contributed by atoms with E-state index in [2.05, 4.69) is 4.98 Å². The largest absolute Gasteiger partial charge is 0.457 e. The Morgan fingerprint density at radius 3 is 2.69 bits per heavy atom. The number of fused-ring (bicyclic) bond motifs is 1. The maximum atomic E-state index is 13.0. The third-order valence-corrected chi connectivity index (χ3v) is 4.75. The van der Waals surface area contributed by atoms with Crippen molar-refractivity contribution in [2.45, 2.75) is 13.0 Å². The molecule has 6 nitrogen and oxygen atoms in total. The van der Waals surface area contributed by atoms with Crippen LogP contribution in [-0.2, 0) is 13.0 Å². The number of nitrogens with one attached hydrogen (secondary N) is 1. The number of carbonyl (C=O) groups excluding carboxylic acids is 1. The number of rotatable bonds is 3. The van der Waals surface area contributed by atoms with E-state index >= 15 is 0 Å². The van der Waals surface area contributed by atoms with Crippen LogP contribution in [0, 0.1) is 17.1 Å². The Kier molecular flexibility index (Phi) is 4.83. The Hall–Kier alpha value is -3.92. The second-order valence-electron chi connectivity index (χ2n) is 6.69. The summed E-state index contributed by atoms with van der Waals surface area (Å²) in [5.74, 6) is 0.407. The van der Waals surface area contributed by atoms with Crippen LogP contribution < -0.4 is 10.3 Å². The summed E-state index contributed by atoms with van der Waals surface area (Å²) in [7, 11) is 0. The van der Waals surface area contributed by atoms with E-state index in [1.165, 1.54) is 24.3 Å². The summed E-state index contributed by atoms with van der Waals surface area (Å²) in [6.07, 6.45) is 0.508. The molecule has 0 radical (unpaired) electrons. The lowest BCUT2D eigenvalue weighted by atomic mass is 10.0. The van der Waals surface area contributed by atoms with Crippen molar-refractivity contribution in [3.63, 3.8) is 0 Å². The number of nitriles is 1. The first-order chi connectivity index (χ1) is 14.0. The maximum Gasteiger partial charge on any atom is 0.266 e. The van der Waals surface area contributed by atoms with Gasteiger partial charge in [-0.05, 0) is 54.1 Å². The predicted octanol–water partition coefficient (Wildman–Crippen LogP) is 3.38. The van der Waals surface area contributed by atoms with Gasteiger partial charge in [-0.25, -0.2) is 4.39 Å². The highest BCUT2D eigenvalue weighted by Crippen LogP contribution is 2.24. The summed E-state index contributed by atoms with van der Waals surface area (Å²) < 4.78 is 18.7. The smallest absolute Gasteiger partial charge is 0.266 e. The van der Waals surface area contributed by atoms with Crippen LogP contribution in [0.25, 0.3) is 0 Å². The van der Waals surface area contributed by atoms with Crippen LogP contribution in [0.4, 0.5) is 4.39 Å². The molecule has 2 aromatic carbocycles. The van der Waals surface area contributed by atoms with Gasteiger partial charge in [0.2, 0.25) is 0 Å². The second kappa shape index (κ2) is 7.60. The fourth-order valence-electron chi connectivity index (χ4n) is 3.28. The molecule has 3 aromatic rings. The molecule has 29 heavy (non-hydrogen) atoms. The van der Waals surface area contributed by atoms with Gasteiger partial charge in [-0.2, -0.15) is 5.26 Å². The number of H-pyrrole nitrogens is 1. The van der Waals surface area contributed by atoms with Gasteiger partial charge >= 0.3 is 0 Å². The van der Waals surface area contributed by atoms with E-state index in [1.54, 1.807) is 35.2 Å². The number of nitrogens with zero attached hydrogens (tertiary/aromatic N) is 2. The molecule has 0 bridgehead atoms. The molecule has 0 atom stereocenters. The molecule has 1 aliphatic rings. The Morgan fingerprint density at radius 1 is 1.14 bits per heavy atom. The van der Waals surface area contributed by atoms with Crippen LogP contribution in [-0.4, -0.2) is 22.3 Å². The number of aromatic amines is 1. The van der Waals surface area contributed by atoms with Crippen LogP contribution in [0.3, 0.4) is 0 Å². The van der Waals surface area contributed by atoms with Crippen molar-refractivity contribution < 1.29 is 13.9 Å². The minimum atomic E-state index is -0.406. The molecular weight excluding hydrogens is 373 g/mol. The summed E-state index contributed by atoms with van der Waals surface area (Å²) in [6.45, 7) is 0.763. The molecule has 0 spiro atoms. The van der Waals surface area contributed by atoms with Gasteiger partial charge in [0, 0.05) is 30.8 Å². The van der Waals surface area contributed by atoms with Crippen molar-refractivity contribution in [1.82, 2.24) is 9.88 Å². The fraction of sp³-hybridized carbons (Fsp3) is 0.136. The quantitative estimate of drug-likeness (QED) is 0.744. The summed E-state index contributed by atoms with van der Waals surface area (Å²) in [5.41, 5.74) is 1.60. The second-order valence-corrected chi connectivity index (χ2v) is 6.69. The van der Waals surface area contributed by atoms with Crippen molar-refractivity contribution in [1.29, 1.82) is 5.26 Å². The van der Waals surface area contributed by atoms with Crippen LogP contribution in [0.2, 0.25) is 0 Å². The molecule has 4 rings (SSSR count). The molecule has 0 saturated carbocycles. The molecule has 1 N–H and O–H groups in total. The Labute approximate surface area is 165 Å². The first-order valence-corrected chi connectivity index (χ1v) is 9.01. The first kappa shape index (κ1) is 18.4. The van der Waals surface area contributed by atoms with E-state index in [9.17, 15) is 14.0 Å².